The van der Waals surface area contributed by atoms with Gasteiger partial charge >= 0.3 is 0 Å². The summed E-state index contributed by atoms with van der Waals surface area (Å²) in [7, 11) is 0. The summed E-state index contributed by atoms with van der Waals surface area (Å²) in [6.45, 7) is 9.92. The van der Waals surface area contributed by atoms with E-state index in [1.807, 2.05) is 0 Å². The quantitative estimate of drug-likeness (QED) is 0.388. The molecule has 1 unspecified atom stereocenters. The molecule has 0 aliphatic carbocycles. The zero-order chi connectivity index (χ0) is 13.0. The fourth-order valence-electron chi connectivity index (χ4n) is 2.95. The van der Waals surface area contributed by atoms with Crippen molar-refractivity contribution in [2.45, 2.75) is 57.7 Å². The Balaban J connectivity index is 1.94. The van der Waals surface area contributed by atoms with Crippen molar-refractivity contribution in [3.05, 3.63) is 24.3 Å². The van der Waals surface area contributed by atoms with E-state index in [9.17, 15) is 0 Å². The summed E-state index contributed by atoms with van der Waals surface area (Å²) < 4.78 is 11.4. The van der Waals surface area contributed by atoms with Crippen LogP contribution in [0.2, 0.25) is 0 Å². The lowest BCUT2D eigenvalue weighted by molar-refractivity contribution is 0.138. The average molecular weight is 250 g/mol. The van der Waals surface area contributed by atoms with E-state index >= 15 is 0 Å². The molecule has 1 fully saturated rings. The first-order valence-corrected chi connectivity index (χ1v) is 7.31. The molecular formula is C16H26O2. The van der Waals surface area contributed by atoms with Crippen molar-refractivity contribution in [2.24, 2.45) is 5.92 Å². The van der Waals surface area contributed by atoms with E-state index < -0.39 is 0 Å². The van der Waals surface area contributed by atoms with E-state index in [-0.39, 0.29) is 11.7 Å². The van der Waals surface area contributed by atoms with Gasteiger partial charge in [-0.1, -0.05) is 44.8 Å². The van der Waals surface area contributed by atoms with Crippen molar-refractivity contribution in [1.82, 2.24) is 0 Å². The first-order chi connectivity index (χ1) is 8.72. The topological polar surface area (TPSA) is 21.8 Å². The second kappa shape index (κ2) is 6.03. The second-order valence-corrected chi connectivity index (χ2v) is 5.60. The third-order valence-electron chi connectivity index (χ3n) is 4.26. The van der Waals surface area contributed by atoms with Crippen molar-refractivity contribution in [2.75, 3.05) is 13.2 Å². The van der Waals surface area contributed by atoms with E-state index in [1.54, 1.807) is 0 Å². The minimum atomic E-state index is -0.0693. The normalized spacial score (nSPS) is 32.1. The van der Waals surface area contributed by atoms with Crippen LogP contribution in [0.5, 0.6) is 0 Å². The molecule has 2 aliphatic rings. The zero-order valence-electron chi connectivity index (χ0n) is 11.8. The molecule has 2 aliphatic heterocycles. The van der Waals surface area contributed by atoms with Crippen LogP contribution in [0.25, 0.3) is 0 Å². The van der Waals surface area contributed by atoms with Crippen LogP contribution in [0.4, 0.5) is 0 Å². The number of unbranched alkanes of at least 4 members (excludes halogenated alkanes) is 3. The Morgan fingerprint density at radius 2 is 2.33 bits per heavy atom. The van der Waals surface area contributed by atoms with Gasteiger partial charge in [0.05, 0.1) is 13.2 Å². The van der Waals surface area contributed by atoms with Gasteiger partial charge in [-0.05, 0) is 18.9 Å². The number of hydrogen-bond acceptors (Lipinski definition) is 2. The summed E-state index contributed by atoms with van der Waals surface area (Å²) in [5.74, 6) is 0.457. The monoisotopic (exact) mass is 250 g/mol. The van der Waals surface area contributed by atoms with E-state index in [0.717, 1.165) is 13.2 Å². The van der Waals surface area contributed by atoms with Gasteiger partial charge in [0.15, 0.2) is 0 Å². The van der Waals surface area contributed by atoms with Gasteiger partial charge in [-0.15, -0.1) is 6.58 Å². The molecule has 0 aromatic carbocycles. The van der Waals surface area contributed by atoms with Crippen LogP contribution in [0.1, 0.15) is 46.0 Å². The highest BCUT2D eigenvalue weighted by molar-refractivity contribution is 5.32. The Morgan fingerprint density at radius 1 is 1.50 bits per heavy atom. The van der Waals surface area contributed by atoms with Crippen LogP contribution >= 0.6 is 0 Å². The summed E-state index contributed by atoms with van der Waals surface area (Å²) >= 11 is 0. The van der Waals surface area contributed by atoms with E-state index in [4.69, 9.17) is 9.47 Å². The van der Waals surface area contributed by atoms with Crippen molar-refractivity contribution >= 4 is 0 Å². The molecule has 2 nitrogen and oxygen atoms in total. The van der Waals surface area contributed by atoms with Gasteiger partial charge in [0.1, 0.15) is 11.7 Å². The van der Waals surface area contributed by atoms with Gasteiger partial charge in [0.25, 0.3) is 0 Å². The highest BCUT2D eigenvalue weighted by atomic mass is 16.6. The lowest BCUT2D eigenvalue weighted by Crippen LogP contribution is -2.20. The summed E-state index contributed by atoms with van der Waals surface area (Å²) in [5.41, 5.74) is 1.33. The Hall–Kier alpha value is -0.600. The molecule has 3 atom stereocenters. The van der Waals surface area contributed by atoms with Crippen molar-refractivity contribution < 1.29 is 9.47 Å². The molecule has 2 heteroatoms. The number of ether oxygens (including phenoxy) is 2. The molecule has 1 saturated heterocycles. The predicted octanol–water partition coefficient (Wildman–Crippen LogP) is 3.87. The summed E-state index contributed by atoms with van der Waals surface area (Å²) in [6.07, 6.45) is 11.0. The minimum Gasteiger partial charge on any atom is -0.375 e. The maximum absolute atomic E-state index is 5.83. The number of allylic oxidation sites excluding steroid dienone is 1. The summed E-state index contributed by atoms with van der Waals surface area (Å²) in [5, 5.41) is 0. The molecule has 18 heavy (non-hydrogen) atoms. The molecule has 2 heterocycles. The number of fused-ring (bicyclic) bond motifs is 1. The van der Waals surface area contributed by atoms with Crippen molar-refractivity contribution in [3.8, 4) is 0 Å². The number of rotatable bonds is 7. The highest BCUT2D eigenvalue weighted by Gasteiger charge is 2.56. The summed E-state index contributed by atoms with van der Waals surface area (Å²) in [6, 6.07) is 0. The van der Waals surface area contributed by atoms with Crippen LogP contribution in [-0.4, -0.2) is 24.9 Å². The Labute approximate surface area is 111 Å². The minimum absolute atomic E-state index is 0.0693. The average Bonchev–Trinajstić information content (AvgIpc) is 3.04. The fraction of sp³-hybridized carbons (Fsp3) is 0.750. The maximum Gasteiger partial charge on any atom is 0.116 e. The highest BCUT2D eigenvalue weighted by Crippen LogP contribution is 2.48. The second-order valence-electron chi connectivity index (χ2n) is 5.60. The fourth-order valence-corrected chi connectivity index (χ4v) is 2.95. The molecule has 0 aromatic rings. The van der Waals surface area contributed by atoms with Crippen LogP contribution in [-0.2, 0) is 9.47 Å². The lowest BCUT2D eigenvalue weighted by Gasteiger charge is -2.20. The molecular weight excluding hydrogens is 224 g/mol. The van der Waals surface area contributed by atoms with E-state index in [2.05, 4.69) is 32.6 Å². The molecule has 102 valence electrons. The van der Waals surface area contributed by atoms with Crippen molar-refractivity contribution in [3.63, 3.8) is 0 Å². The van der Waals surface area contributed by atoms with Crippen molar-refractivity contribution in [1.29, 1.82) is 0 Å². The smallest absolute Gasteiger partial charge is 0.116 e. The van der Waals surface area contributed by atoms with Gasteiger partial charge in [0.2, 0.25) is 0 Å². The zero-order valence-corrected chi connectivity index (χ0v) is 11.8. The summed E-state index contributed by atoms with van der Waals surface area (Å²) in [4.78, 5) is 0. The van der Waals surface area contributed by atoms with E-state index in [0.29, 0.717) is 5.92 Å². The van der Waals surface area contributed by atoms with Gasteiger partial charge in [-0.25, -0.2) is 0 Å². The predicted molar refractivity (Wildman–Crippen MR) is 74.6 cm³/mol. The number of epoxide rings is 1. The molecule has 0 aromatic heterocycles. The molecule has 0 spiro atoms. The Morgan fingerprint density at radius 3 is 3.06 bits per heavy atom. The molecule has 0 bridgehead atoms. The SMILES string of the molecule is C=CC(CCCCCC)C1=CCOC[C@@H]2O[C@]12C. The molecule has 0 amide bonds. The molecule has 0 radical (unpaired) electrons. The van der Waals surface area contributed by atoms with Gasteiger partial charge in [0, 0.05) is 5.92 Å². The lowest BCUT2D eigenvalue weighted by atomic mass is 9.83. The van der Waals surface area contributed by atoms with Crippen LogP contribution in [0.3, 0.4) is 0 Å². The van der Waals surface area contributed by atoms with Gasteiger partial charge < -0.3 is 9.47 Å². The first-order valence-electron chi connectivity index (χ1n) is 7.31. The Kier molecular flexibility index (Phi) is 4.63. The van der Waals surface area contributed by atoms with E-state index in [1.165, 1.54) is 37.7 Å². The first kappa shape index (κ1) is 13.8. The van der Waals surface area contributed by atoms with Gasteiger partial charge in [-0.3, -0.25) is 0 Å². The molecule has 0 N–H and O–H groups in total. The molecule has 2 rings (SSSR count). The Bertz CT molecular complexity index is 321. The van der Waals surface area contributed by atoms with Crippen LogP contribution < -0.4 is 0 Å². The maximum atomic E-state index is 5.83. The third kappa shape index (κ3) is 2.86. The van der Waals surface area contributed by atoms with Crippen LogP contribution in [0, 0.1) is 5.92 Å². The third-order valence-corrected chi connectivity index (χ3v) is 4.26. The largest absolute Gasteiger partial charge is 0.375 e. The molecule has 0 saturated carbocycles. The number of hydrogen-bond donors (Lipinski definition) is 0. The standard InChI is InChI=1S/C16H26O2/c1-4-6-7-8-9-13(5-2)14-10-11-17-12-15-16(14,3)18-15/h5,10,13,15H,2,4,6-9,11-12H2,1,3H3/t13?,15-,16+/m0/s1. The van der Waals surface area contributed by atoms with Crippen LogP contribution in [0.15, 0.2) is 24.3 Å². The van der Waals surface area contributed by atoms with Gasteiger partial charge in [-0.2, -0.15) is 0 Å².